The number of nitrogens with zero attached hydrogens (tertiary/aromatic N) is 1. The summed E-state index contributed by atoms with van der Waals surface area (Å²) in [6.45, 7) is 9.37. The van der Waals surface area contributed by atoms with Crippen molar-refractivity contribution in [3.8, 4) is 0 Å². The zero-order chi connectivity index (χ0) is 8.55. The van der Waals surface area contributed by atoms with Gasteiger partial charge in [0.1, 0.15) is 0 Å². The largest absolute Gasteiger partial charge is 0.316 e. The van der Waals surface area contributed by atoms with Crippen molar-refractivity contribution in [1.82, 2.24) is 10.2 Å². The minimum atomic E-state index is 0.767. The molecule has 0 aromatic rings. The lowest BCUT2D eigenvalue weighted by Gasteiger charge is -2.15. The highest BCUT2D eigenvalue weighted by atomic mass is 35.5. The van der Waals surface area contributed by atoms with Crippen LogP contribution in [0, 0.1) is 11.8 Å². The van der Waals surface area contributed by atoms with Gasteiger partial charge in [0.2, 0.25) is 0 Å². The molecule has 0 radical (unpaired) electrons. The van der Waals surface area contributed by atoms with Crippen molar-refractivity contribution in [3.05, 3.63) is 11.6 Å². The van der Waals surface area contributed by atoms with E-state index in [4.69, 9.17) is 11.6 Å². The van der Waals surface area contributed by atoms with Gasteiger partial charge in [-0.25, -0.2) is 0 Å². The van der Waals surface area contributed by atoms with Crippen LogP contribution in [-0.4, -0.2) is 37.6 Å². The Bertz CT molecular complexity index is 181. The summed E-state index contributed by atoms with van der Waals surface area (Å²) >= 11 is 5.76. The molecule has 0 saturated carbocycles. The zero-order valence-corrected chi connectivity index (χ0v) is 7.98. The molecular formula is C9H15ClN2. The Labute approximate surface area is 78.6 Å². The van der Waals surface area contributed by atoms with Crippen molar-refractivity contribution in [3.63, 3.8) is 0 Å². The van der Waals surface area contributed by atoms with E-state index in [9.17, 15) is 0 Å². The van der Waals surface area contributed by atoms with Crippen molar-refractivity contribution in [2.75, 3.05) is 32.7 Å². The molecule has 2 fully saturated rings. The van der Waals surface area contributed by atoms with E-state index in [-0.39, 0.29) is 0 Å². The number of hydrogen-bond donors (Lipinski definition) is 1. The minimum absolute atomic E-state index is 0.767. The summed E-state index contributed by atoms with van der Waals surface area (Å²) in [5, 5.41) is 4.18. The molecule has 2 aliphatic heterocycles. The maximum atomic E-state index is 5.76. The Morgan fingerprint density at radius 1 is 1.42 bits per heavy atom. The Balaban J connectivity index is 1.86. The Morgan fingerprint density at radius 2 is 2.00 bits per heavy atom. The smallest absolute Gasteiger partial charge is 0.0335 e. The molecule has 2 atom stereocenters. The molecule has 1 N–H and O–H groups in total. The molecule has 2 nitrogen and oxygen atoms in total. The Hall–Kier alpha value is -0.0500. The van der Waals surface area contributed by atoms with Gasteiger partial charge in [0, 0.05) is 24.7 Å². The highest BCUT2D eigenvalue weighted by Gasteiger charge is 2.35. The summed E-state index contributed by atoms with van der Waals surface area (Å²) in [6, 6.07) is 0. The van der Waals surface area contributed by atoms with Crippen LogP contribution in [0.3, 0.4) is 0 Å². The van der Waals surface area contributed by atoms with E-state index < -0.39 is 0 Å². The molecular weight excluding hydrogens is 172 g/mol. The topological polar surface area (TPSA) is 15.3 Å². The lowest BCUT2D eigenvalue weighted by molar-refractivity contribution is 0.344. The lowest BCUT2D eigenvalue weighted by Crippen LogP contribution is -2.26. The number of fused-ring (bicyclic) bond motifs is 1. The van der Waals surface area contributed by atoms with E-state index in [1.807, 2.05) is 0 Å². The molecule has 0 aliphatic carbocycles. The number of hydrogen-bond acceptors (Lipinski definition) is 2. The second-order valence-electron chi connectivity index (χ2n) is 3.89. The van der Waals surface area contributed by atoms with Crippen molar-refractivity contribution >= 4 is 11.6 Å². The first-order chi connectivity index (χ1) is 5.75. The van der Waals surface area contributed by atoms with Crippen molar-refractivity contribution in [1.29, 1.82) is 0 Å². The fourth-order valence-electron chi connectivity index (χ4n) is 2.32. The first-order valence-electron chi connectivity index (χ1n) is 4.52. The quantitative estimate of drug-likeness (QED) is 0.689. The molecule has 0 spiro atoms. The van der Waals surface area contributed by atoms with E-state index in [1.54, 1.807) is 0 Å². The maximum Gasteiger partial charge on any atom is 0.0335 e. The summed E-state index contributed by atoms with van der Waals surface area (Å²) in [4.78, 5) is 2.41. The summed E-state index contributed by atoms with van der Waals surface area (Å²) in [5.41, 5.74) is 0. The average molecular weight is 187 g/mol. The summed E-state index contributed by atoms with van der Waals surface area (Å²) in [5.74, 6) is 1.72. The van der Waals surface area contributed by atoms with Gasteiger partial charge in [0.15, 0.2) is 0 Å². The third-order valence-corrected chi connectivity index (χ3v) is 2.98. The standard InChI is InChI=1S/C9H15ClN2/c1-7(10)4-12-5-8-2-11-3-9(8)6-12/h8-9,11H,1-6H2. The average Bonchev–Trinajstić information content (AvgIpc) is 2.43. The van der Waals surface area contributed by atoms with Crippen LogP contribution in [0.25, 0.3) is 0 Å². The second kappa shape index (κ2) is 3.36. The van der Waals surface area contributed by atoms with Gasteiger partial charge in [-0.1, -0.05) is 18.2 Å². The molecule has 3 heteroatoms. The van der Waals surface area contributed by atoms with E-state index in [1.165, 1.54) is 26.2 Å². The van der Waals surface area contributed by atoms with E-state index in [2.05, 4.69) is 16.8 Å². The van der Waals surface area contributed by atoms with Gasteiger partial charge in [-0.2, -0.15) is 0 Å². The van der Waals surface area contributed by atoms with E-state index in [0.29, 0.717) is 0 Å². The second-order valence-corrected chi connectivity index (χ2v) is 4.42. The maximum absolute atomic E-state index is 5.76. The molecule has 2 heterocycles. The minimum Gasteiger partial charge on any atom is -0.316 e. The van der Waals surface area contributed by atoms with Crippen LogP contribution < -0.4 is 5.32 Å². The van der Waals surface area contributed by atoms with E-state index in [0.717, 1.165) is 23.4 Å². The van der Waals surface area contributed by atoms with Crippen LogP contribution in [0.15, 0.2) is 11.6 Å². The third kappa shape index (κ3) is 1.65. The van der Waals surface area contributed by atoms with Gasteiger partial charge >= 0.3 is 0 Å². The molecule has 2 unspecified atom stereocenters. The highest BCUT2D eigenvalue weighted by molar-refractivity contribution is 6.29. The molecule has 0 bridgehead atoms. The predicted molar refractivity (Wildman–Crippen MR) is 51.3 cm³/mol. The molecule has 0 amide bonds. The van der Waals surface area contributed by atoms with Gasteiger partial charge < -0.3 is 5.32 Å². The highest BCUT2D eigenvalue weighted by Crippen LogP contribution is 2.26. The number of likely N-dealkylation sites (tertiary alicyclic amines) is 1. The number of rotatable bonds is 2. The lowest BCUT2D eigenvalue weighted by atomic mass is 10.0. The fraction of sp³-hybridized carbons (Fsp3) is 0.778. The van der Waals surface area contributed by atoms with Crippen LogP contribution >= 0.6 is 11.6 Å². The fourth-order valence-corrected chi connectivity index (χ4v) is 2.49. The van der Waals surface area contributed by atoms with Crippen LogP contribution in [0.2, 0.25) is 0 Å². The molecule has 0 aromatic carbocycles. The van der Waals surface area contributed by atoms with E-state index >= 15 is 0 Å². The van der Waals surface area contributed by atoms with Crippen LogP contribution in [0.1, 0.15) is 0 Å². The molecule has 2 aliphatic rings. The predicted octanol–water partition coefficient (Wildman–Crippen LogP) is 0.890. The van der Waals surface area contributed by atoms with Crippen LogP contribution in [-0.2, 0) is 0 Å². The Kier molecular flexibility index (Phi) is 2.40. The molecule has 0 aromatic heterocycles. The van der Waals surface area contributed by atoms with Crippen LogP contribution in [0.5, 0.6) is 0 Å². The molecule has 68 valence electrons. The van der Waals surface area contributed by atoms with Crippen molar-refractivity contribution in [2.45, 2.75) is 0 Å². The monoisotopic (exact) mass is 186 g/mol. The summed E-state index contributed by atoms with van der Waals surface area (Å²) in [6.07, 6.45) is 0. The summed E-state index contributed by atoms with van der Waals surface area (Å²) in [7, 11) is 0. The molecule has 2 saturated heterocycles. The molecule has 2 rings (SSSR count). The summed E-state index contributed by atoms with van der Waals surface area (Å²) < 4.78 is 0. The van der Waals surface area contributed by atoms with Gasteiger partial charge in [-0.3, -0.25) is 4.90 Å². The third-order valence-electron chi connectivity index (χ3n) is 2.86. The van der Waals surface area contributed by atoms with Crippen molar-refractivity contribution in [2.24, 2.45) is 11.8 Å². The van der Waals surface area contributed by atoms with Gasteiger partial charge in [0.05, 0.1) is 0 Å². The van der Waals surface area contributed by atoms with Gasteiger partial charge in [-0.15, -0.1) is 0 Å². The first-order valence-corrected chi connectivity index (χ1v) is 4.90. The number of halogens is 1. The Morgan fingerprint density at radius 3 is 2.50 bits per heavy atom. The normalized spacial score (nSPS) is 35.4. The molecule has 12 heavy (non-hydrogen) atoms. The van der Waals surface area contributed by atoms with Crippen molar-refractivity contribution < 1.29 is 0 Å². The SMILES string of the molecule is C=C(Cl)CN1CC2CNCC2C1. The van der Waals surface area contributed by atoms with Gasteiger partial charge in [0.25, 0.3) is 0 Å². The first kappa shape index (κ1) is 8.54. The van der Waals surface area contributed by atoms with Gasteiger partial charge in [-0.05, 0) is 24.9 Å². The van der Waals surface area contributed by atoms with Crippen LogP contribution in [0.4, 0.5) is 0 Å². The number of nitrogens with one attached hydrogen (secondary N) is 1. The zero-order valence-electron chi connectivity index (χ0n) is 7.22.